The van der Waals surface area contributed by atoms with E-state index >= 15 is 0 Å². The Morgan fingerprint density at radius 1 is 1.38 bits per heavy atom. The molecule has 6 N–H and O–H groups in total. The Bertz CT molecular complexity index is 363. The first-order chi connectivity index (χ1) is 7.59. The van der Waals surface area contributed by atoms with Crippen molar-refractivity contribution in [3.05, 3.63) is 5.82 Å². The smallest absolute Gasteiger partial charge is 0.240 e. The van der Waals surface area contributed by atoms with E-state index < -0.39 is 0 Å². The van der Waals surface area contributed by atoms with Crippen LogP contribution in [0.2, 0.25) is 0 Å². The fraction of sp³-hybridized carbons (Fsp3) is 0.800. The highest BCUT2D eigenvalue weighted by atomic mass is 15.4. The van der Waals surface area contributed by atoms with Crippen LogP contribution in [0, 0.1) is 5.92 Å². The van der Waals surface area contributed by atoms with E-state index in [9.17, 15) is 0 Å². The van der Waals surface area contributed by atoms with Gasteiger partial charge in [-0.2, -0.15) is 0 Å². The van der Waals surface area contributed by atoms with E-state index in [1.165, 1.54) is 4.68 Å². The van der Waals surface area contributed by atoms with Gasteiger partial charge in [0.25, 0.3) is 0 Å². The highest BCUT2D eigenvalue weighted by molar-refractivity contribution is 5.23. The standard InChI is InChI=1S/C10H20N6/c1-7-2-4-10(6-11,5-3-7)8-14-15-9(12)16(8)13/h7H,2-6,11,13H2,1H3,(H2,12,15). The summed E-state index contributed by atoms with van der Waals surface area (Å²) in [7, 11) is 0. The van der Waals surface area contributed by atoms with Crippen LogP contribution in [0.15, 0.2) is 0 Å². The van der Waals surface area contributed by atoms with Gasteiger partial charge in [-0.25, -0.2) is 4.68 Å². The van der Waals surface area contributed by atoms with Crippen molar-refractivity contribution in [2.45, 2.75) is 38.0 Å². The molecule has 0 aliphatic heterocycles. The summed E-state index contributed by atoms with van der Waals surface area (Å²) in [5, 5.41) is 7.90. The van der Waals surface area contributed by atoms with E-state index in [0.717, 1.165) is 37.4 Å². The fourth-order valence-corrected chi connectivity index (χ4v) is 2.50. The van der Waals surface area contributed by atoms with E-state index in [1.807, 2.05) is 0 Å². The van der Waals surface area contributed by atoms with E-state index in [2.05, 4.69) is 17.1 Å². The van der Waals surface area contributed by atoms with Crippen LogP contribution in [0.25, 0.3) is 0 Å². The molecule has 0 aromatic carbocycles. The first-order valence-electron chi connectivity index (χ1n) is 5.75. The fourth-order valence-electron chi connectivity index (χ4n) is 2.50. The van der Waals surface area contributed by atoms with Gasteiger partial charge in [-0.15, -0.1) is 10.2 Å². The third kappa shape index (κ3) is 1.63. The van der Waals surface area contributed by atoms with Gasteiger partial charge >= 0.3 is 0 Å². The molecule has 2 rings (SSSR count). The maximum Gasteiger partial charge on any atom is 0.240 e. The Kier molecular flexibility index (Phi) is 2.75. The number of hydrogen-bond acceptors (Lipinski definition) is 5. The highest BCUT2D eigenvalue weighted by Crippen LogP contribution is 2.39. The molecule has 0 amide bonds. The van der Waals surface area contributed by atoms with Crippen LogP contribution >= 0.6 is 0 Å². The molecule has 6 nitrogen and oxygen atoms in total. The summed E-state index contributed by atoms with van der Waals surface area (Å²) >= 11 is 0. The third-order valence-corrected chi connectivity index (χ3v) is 3.82. The van der Waals surface area contributed by atoms with Crippen molar-refractivity contribution in [2.24, 2.45) is 11.7 Å². The molecule has 6 heteroatoms. The molecule has 16 heavy (non-hydrogen) atoms. The Labute approximate surface area is 95.2 Å². The second kappa shape index (κ2) is 3.93. The molecular weight excluding hydrogens is 204 g/mol. The summed E-state index contributed by atoms with van der Waals surface area (Å²) in [5.74, 6) is 7.58. The molecule has 1 saturated carbocycles. The molecule has 0 radical (unpaired) electrons. The van der Waals surface area contributed by atoms with E-state index in [1.54, 1.807) is 0 Å². The Morgan fingerprint density at radius 3 is 2.44 bits per heavy atom. The van der Waals surface area contributed by atoms with Crippen LogP contribution in [-0.4, -0.2) is 21.4 Å². The van der Waals surface area contributed by atoms with Gasteiger partial charge in [-0.05, 0) is 31.6 Å². The Morgan fingerprint density at radius 2 is 2.00 bits per heavy atom. The number of nitrogens with zero attached hydrogens (tertiary/aromatic N) is 3. The quantitative estimate of drug-likeness (QED) is 0.612. The molecule has 1 fully saturated rings. The van der Waals surface area contributed by atoms with Crippen LogP contribution < -0.4 is 17.3 Å². The molecule has 1 aromatic rings. The van der Waals surface area contributed by atoms with Crippen molar-refractivity contribution in [2.75, 3.05) is 18.1 Å². The first-order valence-corrected chi connectivity index (χ1v) is 5.75. The van der Waals surface area contributed by atoms with Gasteiger partial charge in [0.1, 0.15) is 0 Å². The van der Waals surface area contributed by atoms with E-state index in [0.29, 0.717) is 6.54 Å². The zero-order valence-electron chi connectivity index (χ0n) is 9.69. The van der Waals surface area contributed by atoms with Crippen molar-refractivity contribution >= 4 is 5.95 Å². The molecule has 0 unspecified atom stereocenters. The number of anilines is 1. The van der Waals surface area contributed by atoms with Crippen LogP contribution in [-0.2, 0) is 5.41 Å². The summed E-state index contributed by atoms with van der Waals surface area (Å²) in [6, 6.07) is 0. The summed E-state index contributed by atoms with van der Waals surface area (Å²) in [4.78, 5) is 0. The lowest BCUT2D eigenvalue weighted by atomic mass is 9.70. The lowest BCUT2D eigenvalue weighted by Crippen LogP contribution is -2.42. The van der Waals surface area contributed by atoms with E-state index in [4.69, 9.17) is 17.3 Å². The largest absolute Gasteiger partial charge is 0.366 e. The molecule has 0 atom stereocenters. The monoisotopic (exact) mass is 224 g/mol. The molecule has 1 aliphatic rings. The van der Waals surface area contributed by atoms with Gasteiger partial charge in [-0.3, -0.25) is 0 Å². The number of rotatable bonds is 2. The lowest BCUT2D eigenvalue weighted by molar-refractivity contribution is 0.233. The van der Waals surface area contributed by atoms with Crippen LogP contribution in [0.4, 0.5) is 5.95 Å². The van der Waals surface area contributed by atoms with Gasteiger partial charge in [-0.1, -0.05) is 6.92 Å². The van der Waals surface area contributed by atoms with Gasteiger partial charge in [0.15, 0.2) is 5.82 Å². The molecule has 90 valence electrons. The van der Waals surface area contributed by atoms with Gasteiger partial charge in [0, 0.05) is 12.0 Å². The minimum atomic E-state index is -0.133. The number of aromatic nitrogens is 3. The summed E-state index contributed by atoms with van der Waals surface area (Å²) in [6.07, 6.45) is 4.34. The second-order valence-corrected chi connectivity index (χ2v) is 4.92. The molecule has 0 saturated heterocycles. The molecule has 0 spiro atoms. The van der Waals surface area contributed by atoms with Crippen molar-refractivity contribution in [3.63, 3.8) is 0 Å². The Hall–Kier alpha value is -1.30. The Balaban J connectivity index is 2.31. The third-order valence-electron chi connectivity index (χ3n) is 3.82. The first kappa shape index (κ1) is 11.2. The number of nitrogens with two attached hydrogens (primary N) is 3. The normalized spacial score (nSPS) is 30.5. The van der Waals surface area contributed by atoms with Gasteiger partial charge in [0.05, 0.1) is 0 Å². The van der Waals surface area contributed by atoms with Crippen molar-refractivity contribution in [1.82, 2.24) is 14.9 Å². The maximum atomic E-state index is 5.92. The van der Waals surface area contributed by atoms with Gasteiger partial charge in [0.2, 0.25) is 5.95 Å². The van der Waals surface area contributed by atoms with Crippen molar-refractivity contribution < 1.29 is 0 Å². The maximum absolute atomic E-state index is 5.92. The highest BCUT2D eigenvalue weighted by Gasteiger charge is 2.39. The SMILES string of the molecule is CC1CCC(CN)(c2nnc(N)n2N)CC1. The predicted octanol–water partition coefficient (Wildman–Crippen LogP) is -0.0193. The minimum Gasteiger partial charge on any atom is -0.366 e. The molecule has 1 heterocycles. The second-order valence-electron chi connectivity index (χ2n) is 4.92. The van der Waals surface area contributed by atoms with Crippen molar-refractivity contribution in [3.8, 4) is 0 Å². The zero-order valence-corrected chi connectivity index (χ0v) is 9.69. The zero-order chi connectivity index (χ0) is 11.8. The molecule has 1 aliphatic carbocycles. The lowest BCUT2D eigenvalue weighted by Gasteiger charge is -2.37. The topological polar surface area (TPSA) is 109 Å². The average molecular weight is 224 g/mol. The van der Waals surface area contributed by atoms with E-state index in [-0.39, 0.29) is 11.4 Å². The van der Waals surface area contributed by atoms with Crippen LogP contribution in [0.5, 0.6) is 0 Å². The predicted molar refractivity (Wildman–Crippen MR) is 62.9 cm³/mol. The summed E-state index contributed by atoms with van der Waals surface area (Å²) in [5.41, 5.74) is 11.4. The average Bonchev–Trinajstić information content (AvgIpc) is 2.62. The number of hydrogen-bond donors (Lipinski definition) is 3. The van der Waals surface area contributed by atoms with Gasteiger partial charge < -0.3 is 17.3 Å². The molecule has 0 bridgehead atoms. The van der Waals surface area contributed by atoms with Crippen LogP contribution in [0.3, 0.4) is 0 Å². The van der Waals surface area contributed by atoms with Crippen molar-refractivity contribution in [1.29, 1.82) is 0 Å². The minimum absolute atomic E-state index is 0.133. The van der Waals surface area contributed by atoms with Crippen LogP contribution in [0.1, 0.15) is 38.4 Å². The molecule has 1 aromatic heterocycles. The number of nitrogen functional groups attached to an aromatic ring is 2. The summed E-state index contributed by atoms with van der Waals surface area (Å²) in [6.45, 7) is 2.82. The molecular formula is C10H20N6. The summed E-state index contributed by atoms with van der Waals surface area (Å²) < 4.78 is 1.38.